The maximum atomic E-state index is 2.37. The van der Waals surface area contributed by atoms with E-state index in [1.165, 1.54) is 38.6 Å². The number of hydrogen-bond acceptors (Lipinski definition) is 0. The van der Waals surface area contributed by atoms with Crippen LogP contribution in [0.1, 0.15) is 11.1 Å². The third-order valence-corrected chi connectivity index (χ3v) is 5.00. The summed E-state index contributed by atoms with van der Waals surface area (Å²) < 4.78 is 2.37. The zero-order chi connectivity index (χ0) is 17.3. The van der Waals surface area contributed by atoms with Gasteiger partial charge in [-0.15, -0.1) is 0 Å². The van der Waals surface area contributed by atoms with E-state index in [1.807, 2.05) is 0 Å². The topological polar surface area (TPSA) is 4.93 Å². The fraction of sp³-hybridized carbons (Fsp3) is 0.0400. The molecule has 0 unspecified atom stereocenters. The van der Waals surface area contributed by atoms with Crippen molar-refractivity contribution >= 4 is 21.8 Å². The van der Waals surface area contributed by atoms with Gasteiger partial charge in [0.25, 0.3) is 0 Å². The Hall–Kier alpha value is -3.32. The summed E-state index contributed by atoms with van der Waals surface area (Å²) in [5, 5.41) is 2.61. The van der Waals surface area contributed by atoms with Gasteiger partial charge >= 0.3 is 0 Å². The van der Waals surface area contributed by atoms with Crippen molar-refractivity contribution in [3.05, 3.63) is 114 Å². The van der Waals surface area contributed by atoms with Crippen LogP contribution in [0.5, 0.6) is 0 Å². The highest BCUT2D eigenvalue weighted by molar-refractivity contribution is 6.09. The quantitative estimate of drug-likeness (QED) is 0.361. The molecule has 0 saturated heterocycles. The van der Waals surface area contributed by atoms with Crippen LogP contribution in [-0.2, 0) is 6.42 Å². The first-order chi connectivity index (χ1) is 12.9. The van der Waals surface area contributed by atoms with E-state index >= 15 is 0 Å². The average Bonchev–Trinajstić information content (AvgIpc) is 3.03. The Morgan fingerprint density at radius 1 is 0.500 bits per heavy atom. The number of aromatic nitrogens is 1. The molecule has 1 heterocycles. The van der Waals surface area contributed by atoms with Gasteiger partial charge in [-0.05, 0) is 41.8 Å². The fourth-order valence-corrected chi connectivity index (χ4v) is 3.81. The van der Waals surface area contributed by atoms with Gasteiger partial charge in [0.05, 0.1) is 11.0 Å². The summed E-state index contributed by atoms with van der Waals surface area (Å²) >= 11 is 0. The molecular weight excluding hydrogens is 314 g/mol. The lowest BCUT2D eigenvalue weighted by Gasteiger charge is -2.08. The minimum Gasteiger partial charge on any atom is -0.309 e. The zero-order valence-corrected chi connectivity index (χ0v) is 14.5. The minimum absolute atomic E-state index is 0.951. The van der Waals surface area contributed by atoms with Gasteiger partial charge in [-0.3, -0.25) is 0 Å². The molecule has 0 N–H and O–H groups in total. The first-order valence-corrected chi connectivity index (χ1v) is 9.01. The van der Waals surface area contributed by atoms with E-state index in [0.717, 1.165) is 6.42 Å². The Kier molecular flexibility index (Phi) is 3.57. The summed E-state index contributed by atoms with van der Waals surface area (Å²) in [6.45, 7) is 0. The lowest BCUT2D eigenvalue weighted by Crippen LogP contribution is -1.94. The summed E-state index contributed by atoms with van der Waals surface area (Å²) in [6.07, 6.45) is 0.951. The molecule has 1 nitrogen and oxygen atoms in total. The van der Waals surface area contributed by atoms with Gasteiger partial charge in [0.15, 0.2) is 0 Å². The Morgan fingerprint density at radius 2 is 1.15 bits per heavy atom. The largest absolute Gasteiger partial charge is 0.309 e. The smallest absolute Gasteiger partial charge is 0.0543 e. The molecule has 1 heteroatoms. The van der Waals surface area contributed by atoms with Crippen molar-refractivity contribution in [2.45, 2.75) is 6.42 Å². The molecule has 5 rings (SSSR count). The summed E-state index contributed by atoms with van der Waals surface area (Å²) in [6, 6.07) is 36.8. The molecule has 0 amide bonds. The molecule has 0 atom stereocenters. The molecule has 0 radical (unpaired) electrons. The highest BCUT2D eigenvalue weighted by Gasteiger charge is 2.12. The van der Waals surface area contributed by atoms with Gasteiger partial charge < -0.3 is 4.57 Å². The molecule has 0 aliphatic rings. The van der Waals surface area contributed by atoms with Crippen molar-refractivity contribution in [2.24, 2.45) is 0 Å². The van der Waals surface area contributed by atoms with Crippen LogP contribution in [-0.4, -0.2) is 4.57 Å². The van der Waals surface area contributed by atoms with Crippen LogP contribution in [0, 0.1) is 0 Å². The number of rotatable bonds is 3. The maximum Gasteiger partial charge on any atom is 0.0543 e. The molecule has 5 aromatic rings. The molecule has 124 valence electrons. The van der Waals surface area contributed by atoms with Crippen molar-refractivity contribution in [1.29, 1.82) is 0 Å². The molecule has 0 saturated carbocycles. The summed E-state index contributed by atoms with van der Waals surface area (Å²) in [4.78, 5) is 0. The summed E-state index contributed by atoms with van der Waals surface area (Å²) in [7, 11) is 0. The van der Waals surface area contributed by atoms with Gasteiger partial charge in [0.2, 0.25) is 0 Å². The molecule has 0 spiro atoms. The van der Waals surface area contributed by atoms with Crippen LogP contribution in [0.3, 0.4) is 0 Å². The second-order valence-electron chi connectivity index (χ2n) is 6.70. The van der Waals surface area contributed by atoms with Crippen LogP contribution in [0.25, 0.3) is 27.5 Å². The predicted octanol–water partition coefficient (Wildman–Crippen LogP) is 6.37. The summed E-state index contributed by atoms with van der Waals surface area (Å²) in [5.41, 5.74) is 6.41. The van der Waals surface area contributed by atoms with E-state index in [2.05, 4.69) is 108 Å². The van der Waals surface area contributed by atoms with E-state index in [-0.39, 0.29) is 0 Å². The van der Waals surface area contributed by atoms with Crippen molar-refractivity contribution in [2.75, 3.05) is 0 Å². The lowest BCUT2D eigenvalue weighted by atomic mass is 10.0. The predicted molar refractivity (Wildman–Crippen MR) is 110 cm³/mol. The highest BCUT2D eigenvalue weighted by Crippen LogP contribution is 2.32. The van der Waals surface area contributed by atoms with Gasteiger partial charge in [0, 0.05) is 16.5 Å². The third kappa shape index (κ3) is 2.49. The molecule has 26 heavy (non-hydrogen) atoms. The average molecular weight is 333 g/mol. The van der Waals surface area contributed by atoms with E-state index in [4.69, 9.17) is 0 Å². The van der Waals surface area contributed by atoms with E-state index in [0.29, 0.717) is 0 Å². The van der Waals surface area contributed by atoms with Crippen LogP contribution in [0.15, 0.2) is 103 Å². The number of benzene rings is 4. The van der Waals surface area contributed by atoms with E-state index in [1.54, 1.807) is 0 Å². The first kappa shape index (κ1) is 15.0. The number of fused-ring (bicyclic) bond motifs is 3. The van der Waals surface area contributed by atoms with Crippen molar-refractivity contribution in [3.8, 4) is 5.69 Å². The molecular formula is C25H19N. The van der Waals surface area contributed by atoms with Crippen molar-refractivity contribution in [3.63, 3.8) is 0 Å². The maximum absolute atomic E-state index is 2.37. The zero-order valence-electron chi connectivity index (χ0n) is 14.5. The fourth-order valence-electron chi connectivity index (χ4n) is 3.81. The Labute approximate surface area is 153 Å². The molecule has 4 aromatic carbocycles. The second kappa shape index (κ2) is 6.20. The standard InChI is InChI=1S/C25H19N/c1-3-9-19(10-4-1)17-20-15-16-23-22-13-7-8-14-24(22)26(25(23)18-20)21-11-5-2-6-12-21/h1-16,18H,17H2. The highest BCUT2D eigenvalue weighted by atomic mass is 15.0. The van der Waals surface area contributed by atoms with Gasteiger partial charge in [-0.1, -0.05) is 78.9 Å². The Morgan fingerprint density at radius 3 is 1.96 bits per heavy atom. The molecule has 0 fully saturated rings. The Balaban J connectivity index is 1.75. The molecule has 0 bridgehead atoms. The summed E-state index contributed by atoms with van der Waals surface area (Å²) in [5.74, 6) is 0. The van der Waals surface area contributed by atoms with Gasteiger partial charge in [0.1, 0.15) is 0 Å². The van der Waals surface area contributed by atoms with E-state index in [9.17, 15) is 0 Å². The first-order valence-electron chi connectivity index (χ1n) is 9.01. The van der Waals surface area contributed by atoms with Gasteiger partial charge in [-0.25, -0.2) is 0 Å². The van der Waals surface area contributed by atoms with Gasteiger partial charge in [-0.2, -0.15) is 0 Å². The molecule has 1 aromatic heterocycles. The lowest BCUT2D eigenvalue weighted by molar-refractivity contribution is 1.16. The van der Waals surface area contributed by atoms with Crippen LogP contribution in [0.2, 0.25) is 0 Å². The number of hydrogen-bond donors (Lipinski definition) is 0. The number of nitrogens with zero attached hydrogens (tertiary/aromatic N) is 1. The third-order valence-electron chi connectivity index (χ3n) is 5.00. The Bertz CT molecular complexity index is 1180. The van der Waals surface area contributed by atoms with E-state index < -0.39 is 0 Å². The minimum atomic E-state index is 0.951. The second-order valence-corrected chi connectivity index (χ2v) is 6.70. The van der Waals surface area contributed by atoms with Crippen molar-refractivity contribution < 1.29 is 0 Å². The molecule has 0 aliphatic carbocycles. The van der Waals surface area contributed by atoms with Crippen LogP contribution in [0.4, 0.5) is 0 Å². The van der Waals surface area contributed by atoms with Crippen LogP contribution >= 0.6 is 0 Å². The van der Waals surface area contributed by atoms with Crippen molar-refractivity contribution in [1.82, 2.24) is 4.57 Å². The number of para-hydroxylation sites is 2. The normalized spacial score (nSPS) is 11.2. The SMILES string of the molecule is c1ccc(Cc2ccc3c4ccccc4n(-c4ccccc4)c3c2)cc1. The van der Waals surface area contributed by atoms with Crippen LogP contribution < -0.4 is 0 Å². The monoisotopic (exact) mass is 333 g/mol. The molecule has 0 aliphatic heterocycles.